The van der Waals surface area contributed by atoms with Gasteiger partial charge in [0.15, 0.2) is 5.82 Å². The Morgan fingerprint density at radius 1 is 1.08 bits per heavy atom. The van der Waals surface area contributed by atoms with Crippen molar-refractivity contribution in [2.75, 3.05) is 4.31 Å². The summed E-state index contributed by atoms with van der Waals surface area (Å²) >= 11 is 6.09. The Hall–Kier alpha value is -3.90. The van der Waals surface area contributed by atoms with Crippen LogP contribution in [0, 0.1) is 0 Å². The van der Waals surface area contributed by atoms with Gasteiger partial charge in [-0.05, 0) is 54.1 Å². The molecule has 0 saturated heterocycles. The minimum Gasteiger partial charge on any atom is -0.478 e. The highest BCUT2D eigenvalue weighted by atomic mass is 35.5. The van der Waals surface area contributed by atoms with Crippen LogP contribution in [0.15, 0.2) is 84.1 Å². The van der Waals surface area contributed by atoms with E-state index in [0.717, 1.165) is 28.6 Å². The van der Waals surface area contributed by atoms with Crippen molar-refractivity contribution in [2.45, 2.75) is 17.6 Å². The molecule has 0 bridgehead atoms. The molecule has 8 nitrogen and oxygen atoms in total. The van der Waals surface area contributed by atoms with E-state index in [1.165, 1.54) is 0 Å². The standard InChI is InChI=1S/C23H16ClF3N4O4S/c24-20-12-17(23(25,26)27)13-28-21(20)31(36(34,35)19-8-4-16(5-9-19)22(32)33)14-15-2-6-18(7-3-15)30-11-1-10-29-30/h1-13H,14H2,(H,32,33). The molecule has 0 spiro atoms. The Bertz CT molecular complexity index is 1490. The van der Waals surface area contributed by atoms with Crippen molar-refractivity contribution in [1.29, 1.82) is 0 Å². The van der Waals surface area contributed by atoms with E-state index < -0.39 is 38.6 Å². The molecule has 36 heavy (non-hydrogen) atoms. The number of carboxylic acid groups (broad SMARTS) is 1. The summed E-state index contributed by atoms with van der Waals surface area (Å²) in [5, 5.41) is 12.7. The Labute approximate surface area is 208 Å². The minimum atomic E-state index is -4.73. The molecule has 2 heterocycles. The van der Waals surface area contributed by atoms with Crippen molar-refractivity contribution in [1.82, 2.24) is 14.8 Å². The van der Waals surface area contributed by atoms with Gasteiger partial charge in [-0.15, -0.1) is 0 Å². The second-order valence-corrected chi connectivity index (χ2v) is 9.75. The lowest BCUT2D eigenvalue weighted by atomic mass is 10.2. The van der Waals surface area contributed by atoms with Crippen molar-refractivity contribution in [3.05, 3.63) is 101 Å². The van der Waals surface area contributed by atoms with Crippen molar-refractivity contribution >= 4 is 33.4 Å². The van der Waals surface area contributed by atoms with Gasteiger partial charge in [-0.1, -0.05) is 23.7 Å². The van der Waals surface area contributed by atoms with Crippen LogP contribution in [0.2, 0.25) is 5.02 Å². The number of nitrogens with zero attached hydrogens (tertiary/aromatic N) is 4. The summed E-state index contributed by atoms with van der Waals surface area (Å²) in [5.41, 5.74) is -0.0918. The second-order valence-electron chi connectivity index (χ2n) is 7.49. The monoisotopic (exact) mass is 536 g/mol. The molecule has 0 unspecified atom stereocenters. The molecule has 186 valence electrons. The molecule has 0 aliphatic carbocycles. The molecular formula is C23H16ClF3N4O4S. The molecule has 0 aliphatic heterocycles. The number of hydrogen-bond acceptors (Lipinski definition) is 5. The number of carboxylic acids is 1. The van der Waals surface area contributed by atoms with Gasteiger partial charge in [0.1, 0.15) is 0 Å². The SMILES string of the molecule is O=C(O)c1ccc(S(=O)(=O)N(Cc2ccc(-n3cccn3)cc2)c2ncc(C(F)(F)F)cc2Cl)cc1. The molecule has 0 amide bonds. The number of carbonyl (C=O) groups is 1. The van der Waals surface area contributed by atoms with Crippen LogP contribution < -0.4 is 4.31 Å². The highest BCUT2D eigenvalue weighted by Crippen LogP contribution is 2.36. The number of alkyl halides is 3. The first-order valence-electron chi connectivity index (χ1n) is 10.1. The number of benzene rings is 2. The third kappa shape index (κ3) is 5.19. The zero-order chi connectivity index (χ0) is 26.1. The highest BCUT2D eigenvalue weighted by molar-refractivity contribution is 7.92. The highest BCUT2D eigenvalue weighted by Gasteiger charge is 2.34. The van der Waals surface area contributed by atoms with E-state index in [2.05, 4.69) is 10.1 Å². The van der Waals surface area contributed by atoms with Crippen LogP contribution in [0.25, 0.3) is 5.69 Å². The molecule has 0 atom stereocenters. The molecule has 13 heteroatoms. The Morgan fingerprint density at radius 3 is 2.28 bits per heavy atom. The first-order chi connectivity index (χ1) is 17.0. The molecule has 1 N–H and O–H groups in total. The van der Waals surface area contributed by atoms with Gasteiger partial charge in [-0.25, -0.2) is 27.2 Å². The van der Waals surface area contributed by atoms with Gasteiger partial charge >= 0.3 is 12.1 Å². The first-order valence-corrected chi connectivity index (χ1v) is 12.0. The van der Waals surface area contributed by atoms with Gasteiger partial charge in [0.25, 0.3) is 10.0 Å². The lowest BCUT2D eigenvalue weighted by molar-refractivity contribution is -0.137. The number of sulfonamides is 1. The summed E-state index contributed by atoms with van der Waals surface area (Å²) in [4.78, 5) is 14.6. The molecule has 0 radical (unpaired) electrons. The van der Waals surface area contributed by atoms with E-state index in [-0.39, 0.29) is 17.0 Å². The zero-order valence-corrected chi connectivity index (χ0v) is 19.7. The van der Waals surface area contributed by atoms with Gasteiger partial charge in [-0.2, -0.15) is 18.3 Å². The Balaban J connectivity index is 1.76. The Kier molecular flexibility index (Phi) is 6.74. The van der Waals surface area contributed by atoms with Gasteiger partial charge in [-0.3, -0.25) is 0 Å². The van der Waals surface area contributed by atoms with Crippen LogP contribution in [0.4, 0.5) is 19.0 Å². The first kappa shape index (κ1) is 25.2. The van der Waals surface area contributed by atoms with E-state index in [0.29, 0.717) is 23.5 Å². The predicted molar refractivity (Wildman–Crippen MR) is 125 cm³/mol. The molecule has 2 aromatic heterocycles. The molecule has 2 aromatic carbocycles. The minimum absolute atomic E-state index is 0.139. The van der Waals surface area contributed by atoms with Crippen LogP contribution in [0.1, 0.15) is 21.5 Å². The fourth-order valence-corrected chi connectivity index (χ4v) is 5.03. The van der Waals surface area contributed by atoms with E-state index in [1.807, 2.05) is 0 Å². The number of aromatic carboxylic acids is 1. The summed E-state index contributed by atoms with van der Waals surface area (Å²) < 4.78 is 68.8. The lowest BCUT2D eigenvalue weighted by Gasteiger charge is -2.25. The van der Waals surface area contributed by atoms with Crippen LogP contribution >= 0.6 is 11.6 Å². The molecule has 4 rings (SSSR count). The quantitative estimate of drug-likeness (QED) is 0.355. The third-order valence-corrected chi connectivity index (χ3v) is 7.13. The number of halogens is 4. The van der Waals surface area contributed by atoms with Crippen LogP contribution in [-0.4, -0.2) is 34.3 Å². The zero-order valence-electron chi connectivity index (χ0n) is 18.1. The van der Waals surface area contributed by atoms with E-state index in [9.17, 15) is 26.4 Å². The maximum Gasteiger partial charge on any atom is 0.417 e. The summed E-state index contributed by atoms with van der Waals surface area (Å²) in [5.74, 6) is -1.66. The molecule has 0 saturated carbocycles. The smallest absolute Gasteiger partial charge is 0.417 e. The summed E-state index contributed by atoms with van der Waals surface area (Å²) in [6.45, 7) is -0.319. The van der Waals surface area contributed by atoms with E-state index >= 15 is 0 Å². The van der Waals surface area contributed by atoms with Gasteiger partial charge in [0.2, 0.25) is 0 Å². The van der Waals surface area contributed by atoms with Crippen molar-refractivity contribution in [2.24, 2.45) is 0 Å². The van der Waals surface area contributed by atoms with Crippen LogP contribution in [0.3, 0.4) is 0 Å². The van der Waals surface area contributed by atoms with Crippen molar-refractivity contribution in [3.8, 4) is 5.69 Å². The Morgan fingerprint density at radius 2 is 1.75 bits per heavy atom. The normalized spacial score (nSPS) is 11.9. The van der Waals surface area contributed by atoms with Crippen molar-refractivity contribution < 1.29 is 31.5 Å². The number of rotatable bonds is 7. The summed E-state index contributed by atoms with van der Waals surface area (Å²) in [6, 6.07) is 13.4. The number of aromatic nitrogens is 3. The predicted octanol–water partition coefficient (Wildman–Crippen LogP) is 5.03. The number of hydrogen-bond donors (Lipinski definition) is 1. The largest absolute Gasteiger partial charge is 0.478 e. The van der Waals surface area contributed by atoms with Gasteiger partial charge in [0, 0.05) is 18.6 Å². The number of pyridine rings is 1. The fraction of sp³-hybridized carbons (Fsp3) is 0.0870. The van der Waals surface area contributed by atoms with Gasteiger partial charge in [0.05, 0.1) is 33.3 Å². The maximum absolute atomic E-state index is 13.5. The third-order valence-electron chi connectivity index (χ3n) is 5.11. The summed E-state index contributed by atoms with van der Waals surface area (Å²) in [7, 11) is -4.42. The topological polar surface area (TPSA) is 105 Å². The maximum atomic E-state index is 13.5. The molecule has 0 fully saturated rings. The van der Waals surface area contributed by atoms with Crippen LogP contribution in [0.5, 0.6) is 0 Å². The van der Waals surface area contributed by atoms with Gasteiger partial charge < -0.3 is 5.11 Å². The second kappa shape index (κ2) is 9.63. The van der Waals surface area contributed by atoms with E-state index in [1.54, 1.807) is 47.4 Å². The average molecular weight is 537 g/mol. The lowest BCUT2D eigenvalue weighted by Crippen LogP contribution is -2.32. The van der Waals surface area contributed by atoms with Crippen molar-refractivity contribution in [3.63, 3.8) is 0 Å². The number of anilines is 1. The molecule has 0 aliphatic rings. The fourth-order valence-electron chi connectivity index (χ4n) is 3.28. The molecule has 4 aromatic rings. The molecular weight excluding hydrogens is 521 g/mol. The van der Waals surface area contributed by atoms with Crippen LogP contribution in [-0.2, 0) is 22.7 Å². The van der Waals surface area contributed by atoms with E-state index in [4.69, 9.17) is 16.7 Å². The summed E-state index contributed by atoms with van der Waals surface area (Å²) in [6.07, 6.45) is -0.916. The average Bonchev–Trinajstić information content (AvgIpc) is 3.37.